The van der Waals surface area contributed by atoms with E-state index in [9.17, 15) is 9.90 Å². The van der Waals surface area contributed by atoms with Crippen LogP contribution in [0.15, 0.2) is 66.9 Å². The molecule has 6 nitrogen and oxygen atoms in total. The minimum atomic E-state index is -0.700. The van der Waals surface area contributed by atoms with Gasteiger partial charge in [0.15, 0.2) is 0 Å². The molecule has 154 valence electrons. The number of aliphatic hydroxyl groups is 1. The Labute approximate surface area is 175 Å². The van der Waals surface area contributed by atoms with E-state index in [1.807, 2.05) is 48.5 Å². The van der Waals surface area contributed by atoms with E-state index in [2.05, 4.69) is 4.98 Å². The van der Waals surface area contributed by atoms with Gasteiger partial charge in [0.2, 0.25) is 0 Å². The second-order valence-electron chi connectivity index (χ2n) is 7.22. The van der Waals surface area contributed by atoms with Gasteiger partial charge in [0.05, 0.1) is 31.1 Å². The molecule has 0 amide bonds. The van der Waals surface area contributed by atoms with Crippen molar-refractivity contribution in [1.29, 1.82) is 0 Å². The number of hydrogen-bond acceptors (Lipinski definition) is 6. The molecule has 1 aliphatic heterocycles. The summed E-state index contributed by atoms with van der Waals surface area (Å²) in [5.74, 6) is 0.788. The van der Waals surface area contributed by atoms with Crippen LogP contribution < -0.4 is 9.47 Å². The second kappa shape index (κ2) is 8.97. The SMILES string of the molecule is COC(=O)c1cccc(C[C@H]2COc3ccc(OCc4ccccn4)cc3[C@@H]2O)c1. The van der Waals surface area contributed by atoms with Gasteiger partial charge >= 0.3 is 5.97 Å². The van der Waals surface area contributed by atoms with Gasteiger partial charge in [-0.2, -0.15) is 0 Å². The number of hydrogen-bond donors (Lipinski definition) is 1. The molecule has 0 unspecified atom stereocenters. The molecular weight excluding hydrogens is 382 g/mol. The summed E-state index contributed by atoms with van der Waals surface area (Å²) in [6.45, 7) is 0.741. The van der Waals surface area contributed by atoms with Crippen LogP contribution in [0.1, 0.15) is 33.3 Å². The molecule has 2 atom stereocenters. The highest BCUT2D eigenvalue weighted by Crippen LogP contribution is 2.39. The van der Waals surface area contributed by atoms with Gasteiger partial charge in [-0.05, 0) is 54.4 Å². The molecular formula is C24H23NO5. The molecule has 0 spiro atoms. The number of benzene rings is 2. The summed E-state index contributed by atoms with van der Waals surface area (Å²) >= 11 is 0. The Bertz CT molecular complexity index is 1020. The number of pyridine rings is 1. The maximum Gasteiger partial charge on any atom is 0.337 e. The van der Waals surface area contributed by atoms with E-state index in [1.165, 1.54) is 7.11 Å². The maximum absolute atomic E-state index is 11.8. The Morgan fingerprint density at radius 2 is 2.07 bits per heavy atom. The predicted octanol–water partition coefficient (Wildman–Crippen LogP) is 3.73. The van der Waals surface area contributed by atoms with E-state index in [1.54, 1.807) is 18.3 Å². The van der Waals surface area contributed by atoms with E-state index in [-0.39, 0.29) is 11.9 Å². The summed E-state index contributed by atoms with van der Waals surface area (Å²) in [5, 5.41) is 11.0. The fourth-order valence-electron chi connectivity index (χ4n) is 3.58. The first-order valence-corrected chi connectivity index (χ1v) is 9.79. The third-order valence-electron chi connectivity index (χ3n) is 5.16. The van der Waals surface area contributed by atoms with E-state index in [0.29, 0.717) is 42.3 Å². The lowest BCUT2D eigenvalue weighted by Gasteiger charge is -2.30. The lowest BCUT2D eigenvalue weighted by Crippen LogP contribution is -2.27. The highest BCUT2D eigenvalue weighted by atomic mass is 16.5. The summed E-state index contributed by atoms with van der Waals surface area (Å²) in [6.07, 6.45) is 1.60. The average Bonchev–Trinajstić information content (AvgIpc) is 2.80. The zero-order valence-electron chi connectivity index (χ0n) is 16.7. The quantitative estimate of drug-likeness (QED) is 0.630. The average molecular weight is 405 g/mol. The molecule has 0 bridgehead atoms. The fraction of sp³-hybridized carbons (Fsp3) is 0.250. The first-order chi connectivity index (χ1) is 14.6. The Hall–Kier alpha value is -3.38. The molecule has 0 aliphatic carbocycles. The Kier molecular flexibility index (Phi) is 5.95. The number of carbonyl (C=O) groups is 1. The van der Waals surface area contributed by atoms with E-state index >= 15 is 0 Å². The van der Waals surface area contributed by atoms with Crippen molar-refractivity contribution in [3.8, 4) is 11.5 Å². The highest BCUT2D eigenvalue weighted by Gasteiger charge is 2.30. The van der Waals surface area contributed by atoms with Crippen molar-refractivity contribution >= 4 is 5.97 Å². The lowest BCUT2D eigenvalue weighted by atomic mass is 9.88. The molecule has 30 heavy (non-hydrogen) atoms. The first-order valence-electron chi connectivity index (χ1n) is 9.79. The smallest absolute Gasteiger partial charge is 0.337 e. The molecule has 4 rings (SSSR count). The molecule has 0 saturated heterocycles. The summed E-state index contributed by atoms with van der Waals surface area (Å²) in [5.41, 5.74) is 2.97. The minimum absolute atomic E-state index is 0.142. The lowest BCUT2D eigenvalue weighted by molar-refractivity contribution is 0.0504. The van der Waals surface area contributed by atoms with E-state index in [0.717, 1.165) is 11.3 Å². The molecule has 1 aromatic heterocycles. The largest absolute Gasteiger partial charge is 0.493 e. The van der Waals surface area contributed by atoms with Gasteiger partial charge in [-0.1, -0.05) is 18.2 Å². The van der Waals surface area contributed by atoms with Crippen molar-refractivity contribution in [3.63, 3.8) is 0 Å². The number of aromatic nitrogens is 1. The number of aliphatic hydroxyl groups excluding tert-OH is 1. The molecule has 6 heteroatoms. The second-order valence-corrected chi connectivity index (χ2v) is 7.22. The van der Waals surface area contributed by atoms with E-state index in [4.69, 9.17) is 14.2 Å². The summed E-state index contributed by atoms with van der Waals surface area (Å²) in [6, 6.07) is 18.4. The van der Waals surface area contributed by atoms with E-state index < -0.39 is 6.10 Å². The fourth-order valence-corrected chi connectivity index (χ4v) is 3.58. The van der Waals surface area contributed by atoms with Crippen molar-refractivity contribution in [2.75, 3.05) is 13.7 Å². The summed E-state index contributed by atoms with van der Waals surface area (Å²) < 4.78 is 16.5. The number of methoxy groups -OCH3 is 1. The monoisotopic (exact) mass is 405 g/mol. The number of esters is 1. The zero-order chi connectivity index (χ0) is 20.9. The molecule has 1 aliphatic rings. The van der Waals surface area contributed by atoms with Gasteiger partial charge in [0.25, 0.3) is 0 Å². The van der Waals surface area contributed by atoms with Crippen molar-refractivity contribution in [3.05, 3.63) is 89.2 Å². The van der Waals surface area contributed by atoms with Crippen molar-refractivity contribution in [2.24, 2.45) is 5.92 Å². The van der Waals surface area contributed by atoms with Crippen LogP contribution in [0, 0.1) is 5.92 Å². The molecule has 0 saturated carbocycles. The van der Waals surface area contributed by atoms with Gasteiger partial charge in [0.1, 0.15) is 18.1 Å². The summed E-state index contributed by atoms with van der Waals surface area (Å²) in [4.78, 5) is 16.0. The van der Waals surface area contributed by atoms with Gasteiger partial charge in [-0.3, -0.25) is 4.98 Å². The number of nitrogens with zero attached hydrogens (tertiary/aromatic N) is 1. The molecule has 2 aromatic carbocycles. The van der Waals surface area contributed by atoms with Crippen molar-refractivity contribution in [2.45, 2.75) is 19.1 Å². The maximum atomic E-state index is 11.8. The van der Waals surface area contributed by atoms with Gasteiger partial charge < -0.3 is 19.3 Å². The predicted molar refractivity (Wildman–Crippen MR) is 110 cm³/mol. The number of ether oxygens (including phenoxy) is 3. The van der Waals surface area contributed by atoms with Gasteiger partial charge in [-0.15, -0.1) is 0 Å². The van der Waals surface area contributed by atoms with Crippen LogP contribution in [0.2, 0.25) is 0 Å². The molecule has 1 N–H and O–H groups in total. The normalized spacial score (nSPS) is 17.5. The molecule has 2 heterocycles. The van der Waals surface area contributed by atoms with Crippen LogP contribution >= 0.6 is 0 Å². The Morgan fingerprint density at radius 1 is 1.17 bits per heavy atom. The van der Waals surface area contributed by atoms with Crippen LogP contribution in [0.3, 0.4) is 0 Å². The molecule has 0 fully saturated rings. The van der Waals surface area contributed by atoms with Crippen LogP contribution in [-0.2, 0) is 17.8 Å². The number of fused-ring (bicyclic) bond motifs is 1. The Morgan fingerprint density at radius 3 is 2.87 bits per heavy atom. The van der Waals surface area contributed by atoms with Crippen LogP contribution in [-0.4, -0.2) is 29.8 Å². The zero-order valence-corrected chi connectivity index (χ0v) is 16.7. The highest BCUT2D eigenvalue weighted by molar-refractivity contribution is 5.89. The third-order valence-corrected chi connectivity index (χ3v) is 5.16. The minimum Gasteiger partial charge on any atom is -0.493 e. The molecule has 3 aromatic rings. The first kappa shape index (κ1) is 19.9. The summed E-state index contributed by atoms with van der Waals surface area (Å²) in [7, 11) is 1.36. The third kappa shape index (κ3) is 4.44. The van der Waals surface area contributed by atoms with Crippen molar-refractivity contribution in [1.82, 2.24) is 4.98 Å². The van der Waals surface area contributed by atoms with Crippen molar-refractivity contribution < 1.29 is 24.1 Å². The van der Waals surface area contributed by atoms with Gasteiger partial charge in [0, 0.05) is 17.7 Å². The number of carbonyl (C=O) groups excluding carboxylic acids is 1. The van der Waals surface area contributed by atoms with Crippen LogP contribution in [0.5, 0.6) is 11.5 Å². The standard InChI is InChI=1S/C24H23NO5/c1-28-24(27)17-6-4-5-16(11-17)12-18-14-30-22-9-8-20(13-21(22)23(18)26)29-15-19-7-2-3-10-25-19/h2-11,13,18,23,26H,12,14-15H2,1H3/t18-,23+/m0/s1. The topological polar surface area (TPSA) is 77.9 Å². The number of rotatable bonds is 6. The van der Waals surface area contributed by atoms with Crippen LogP contribution in [0.4, 0.5) is 0 Å². The van der Waals surface area contributed by atoms with Gasteiger partial charge in [-0.25, -0.2) is 4.79 Å². The van der Waals surface area contributed by atoms with Crippen LogP contribution in [0.25, 0.3) is 0 Å². The Balaban J connectivity index is 1.47. The molecule has 0 radical (unpaired) electrons.